The van der Waals surface area contributed by atoms with Gasteiger partial charge in [-0.05, 0) is 52.9 Å². The smallest absolute Gasteiger partial charge is 0.407 e. The van der Waals surface area contributed by atoms with E-state index in [0.717, 1.165) is 0 Å². The molecule has 1 fully saturated rings. The van der Waals surface area contributed by atoms with Crippen LogP contribution in [0.1, 0.15) is 54.4 Å². The summed E-state index contributed by atoms with van der Waals surface area (Å²) >= 11 is 0. The molecule has 1 saturated carbocycles. The highest BCUT2D eigenvalue weighted by Crippen LogP contribution is 2.47. The van der Waals surface area contributed by atoms with Gasteiger partial charge in [-0.1, -0.05) is 6.92 Å². The van der Waals surface area contributed by atoms with E-state index in [-0.39, 0.29) is 12.1 Å². The maximum atomic E-state index is 11.5. The lowest BCUT2D eigenvalue weighted by Gasteiger charge is -2.26. The molecular weight excluding hydrogens is 228 g/mol. The topological polar surface area (TPSA) is 50.4 Å². The van der Waals surface area contributed by atoms with E-state index in [0.29, 0.717) is 18.0 Å². The molecule has 2 atom stereocenters. The van der Waals surface area contributed by atoms with Crippen LogP contribution in [0.15, 0.2) is 0 Å². The van der Waals surface area contributed by atoms with Crippen molar-refractivity contribution in [2.45, 2.75) is 72.1 Å². The minimum atomic E-state index is -0.435. The zero-order valence-corrected chi connectivity index (χ0v) is 12.6. The maximum Gasteiger partial charge on any atom is 0.407 e. The van der Waals surface area contributed by atoms with Crippen LogP contribution in [0.25, 0.3) is 0 Å². The molecule has 4 nitrogen and oxygen atoms in total. The van der Waals surface area contributed by atoms with E-state index in [9.17, 15) is 4.79 Å². The molecule has 1 rings (SSSR count). The van der Waals surface area contributed by atoms with Crippen LogP contribution in [0, 0.1) is 5.41 Å². The second-order valence-electron chi connectivity index (χ2n) is 6.83. The number of carbonyl (C=O) groups is 1. The van der Waals surface area contributed by atoms with Crippen molar-refractivity contribution in [3.05, 3.63) is 0 Å². The molecule has 1 aliphatic rings. The molecule has 1 amide bonds. The number of hydrogen-bond acceptors (Lipinski definition) is 3. The minimum Gasteiger partial charge on any atom is -0.444 e. The molecule has 0 bridgehead atoms. The number of ether oxygens (including phenoxy) is 1. The average Bonchev–Trinajstić information content (AvgIpc) is 2.92. The monoisotopic (exact) mass is 256 g/mol. The molecule has 0 aromatic carbocycles. The van der Waals surface area contributed by atoms with Crippen molar-refractivity contribution < 1.29 is 9.53 Å². The molecule has 0 aliphatic heterocycles. The fourth-order valence-corrected chi connectivity index (χ4v) is 1.87. The molecule has 2 unspecified atom stereocenters. The van der Waals surface area contributed by atoms with Gasteiger partial charge in [0.15, 0.2) is 0 Å². The van der Waals surface area contributed by atoms with E-state index in [1.807, 2.05) is 20.8 Å². The van der Waals surface area contributed by atoms with Gasteiger partial charge < -0.3 is 15.4 Å². The Kier molecular flexibility index (Phi) is 4.65. The van der Waals surface area contributed by atoms with Gasteiger partial charge >= 0.3 is 6.09 Å². The van der Waals surface area contributed by atoms with Crippen molar-refractivity contribution in [2.75, 3.05) is 6.54 Å². The predicted octanol–water partition coefficient (Wildman–Crippen LogP) is 2.68. The van der Waals surface area contributed by atoms with Crippen LogP contribution in [0.3, 0.4) is 0 Å². The SMILES string of the molecule is CC(CNC(=O)OC(C)(C)C)NC(C)C1(C)CC1. The summed E-state index contributed by atoms with van der Waals surface area (Å²) in [5.41, 5.74) is 0.0235. The second kappa shape index (κ2) is 5.47. The summed E-state index contributed by atoms with van der Waals surface area (Å²) in [4.78, 5) is 11.5. The second-order valence-corrected chi connectivity index (χ2v) is 6.83. The van der Waals surface area contributed by atoms with Crippen molar-refractivity contribution in [3.63, 3.8) is 0 Å². The van der Waals surface area contributed by atoms with Crippen LogP contribution in [-0.4, -0.2) is 30.3 Å². The van der Waals surface area contributed by atoms with Crippen LogP contribution < -0.4 is 10.6 Å². The third-order valence-corrected chi connectivity index (χ3v) is 3.57. The lowest BCUT2D eigenvalue weighted by molar-refractivity contribution is 0.0522. The lowest BCUT2D eigenvalue weighted by atomic mass is 10.00. The quantitative estimate of drug-likeness (QED) is 0.795. The molecule has 1 aliphatic carbocycles. The summed E-state index contributed by atoms with van der Waals surface area (Å²) in [6.07, 6.45) is 2.25. The van der Waals surface area contributed by atoms with Gasteiger partial charge in [0, 0.05) is 18.6 Å². The highest BCUT2D eigenvalue weighted by atomic mass is 16.6. The first-order chi connectivity index (χ1) is 8.12. The summed E-state index contributed by atoms with van der Waals surface area (Å²) in [6, 6.07) is 0.748. The number of nitrogens with one attached hydrogen (secondary N) is 2. The Balaban J connectivity index is 2.20. The van der Waals surface area contributed by atoms with Crippen LogP contribution in [0.2, 0.25) is 0 Å². The number of amides is 1. The molecule has 0 aromatic rings. The first kappa shape index (κ1) is 15.3. The molecular formula is C14H28N2O2. The Bertz CT molecular complexity index is 293. The highest BCUT2D eigenvalue weighted by Gasteiger charge is 2.42. The molecule has 18 heavy (non-hydrogen) atoms. The summed E-state index contributed by atoms with van der Waals surface area (Å²) in [7, 11) is 0. The summed E-state index contributed by atoms with van der Waals surface area (Å²) in [5.74, 6) is 0. The van der Waals surface area contributed by atoms with Crippen LogP contribution >= 0.6 is 0 Å². The highest BCUT2D eigenvalue weighted by molar-refractivity contribution is 5.67. The van der Waals surface area contributed by atoms with Gasteiger partial charge in [-0.15, -0.1) is 0 Å². The summed E-state index contributed by atoms with van der Waals surface area (Å²) in [5, 5.41) is 6.32. The van der Waals surface area contributed by atoms with E-state index >= 15 is 0 Å². The molecule has 0 spiro atoms. The van der Waals surface area contributed by atoms with E-state index in [2.05, 4.69) is 31.4 Å². The van der Waals surface area contributed by atoms with Gasteiger partial charge in [0.1, 0.15) is 5.60 Å². The predicted molar refractivity (Wildman–Crippen MR) is 73.6 cm³/mol. The van der Waals surface area contributed by atoms with E-state index in [1.165, 1.54) is 12.8 Å². The molecule has 106 valence electrons. The van der Waals surface area contributed by atoms with Gasteiger partial charge in [-0.25, -0.2) is 4.79 Å². The fourth-order valence-electron chi connectivity index (χ4n) is 1.87. The number of rotatable bonds is 5. The van der Waals surface area contributed by atoms with E-state index < -0.39 is 5.60 Å². The molecule has 0 saturated heterocycles. The molecule has 0 heterocycles. The summed E-state index contributed by atoms with van der Waals surface area (Å²) < 4.78 is 5.19. The molecule has 0 radical (unpaired) electrons. The lowest BCUT2D eigenvalue weighted by Crippen LogP contribution is -2.46. The number of alkyl carbamates (subject to hydrolysis) is 1. The largest absolute Gasteiger partial charge is 0.444 e. The van der Waals surface area contributed by atoms with Gasteiger partial charge in [0.25, 0.3) is 0 Å². The zero-order valence-electron chi connectivity index (χ0n) is 12.6. The molecule has 0 aromatic heterocycles. The minimum absolute atomic E-state index is 0.255. The van der Waals surface area contributed by atoms with Gasteiger partial charge in [0.05, 0.1) is 0 Å². The third kappa shape index (κ3) is 5.25. The zero-order chi connectivity index (χ0) is 14.0. The van der Waals surface area contributed by atoms with Crippen molar-refractivity contribution in [2.24, 2.45) is 5.41 Å². The first-order valence-electron chi connectivity index (χ1n) is 6.85. The Morgan fingerprint density at radius 1 is 1.33 bits per heavy atom. The van der Waals surface area contributed by atoms with Crippen LogP contribution in [0.4, 0.5) is 4.79 Å². The summed E-state index contributed by atoms with van der Waals surface area (Å²) in [6.45, 7) is 12.8. The van der Waals surface area contributed by atoms with E-state index in [4.69, 9.17) is 4.74 Å². The van der Waals surface area contributed by atoms with Crippen LogP contribution in [-0.2, 0) is 4.74 Å². The Hall–Kier alpha value is -0.770. The number of carbonyl (C=O) groups excluding carboxylic acids is 1. The fraction of sp³-hybridized carbons (Fsp3) is 0.929. The molecule has 4 heteroatoms. The van der Waals surface area contributed by atoms with Crippen molar-refractivity contribution in [1.82, 2.24) is 10.6 Å². The Labute approximate surface area is 111 Å². The van der Waals surface area contributed by atoms with Crippen molar-refractivity contribution in [1.29, 1.82) is 0 Å². The van der Waals surface area contributed by atoms with Crippen LogP contribution in [0.5, 0.6) is 0 Å². The third-order valence-electron chi connectivity index (χ3n) is 3.57. The Morgan fingerprint density at radius 2 is 1.89 bits per heavy atom. The van der Waals surface area contributed by atoms with Gasteiger partial charge in [-0.3, -0.25) is 0 Å². The molecule has 2 N–H and O–H groups in total. The van der Waals surface area contributed by atoms with Gasteiger partial charge in [0.2, 0.25) is 0 Å². The average molecular weight is 256 g/mol. The number of hydrogen-bond donors (Lipinski definition) is 2. The standard InChI is InChI=1S/C14H28N2O2/c1-10(16-11(2)14(6)7-8-14)9-15-12(17)18-13(3,4)5/h10-11,16H,7-9H2,1-6H3,(H,15,17). The maximum absolute atomic E-state index is 11.5. The van der Waals surface area contributed by atoms with Crippen molar-refractivity contribution >= 4 is 6.09 Å². The normalized spacial score (nSPS) is 21.0. The van der Waals surface area contributed by atoms with E-state index in [1.54, 1.807) is 0 Å². The van der Waals surface area contributed by atoms with Crippen molar-refractivity contribution in [3.8, 4) is 0 Å². The Morgan fingerprint density at radius 3 is 2.33 bits per heavy atom. The first-order valence-corrected chi connectivity index (χ1v) is 6.85. The van der Waals surface area contributed by atoms with Gasteiger partial charge in [-0.2, -0.15) is 0 Å².